The van der Waals surface area contributed by atoms with Crippen molar-refractivity contribution in [2.24, 2.45) is 0 Å². The lowest BCUT2D eigenvalue weighted by Crippen LogP contribution is -2.21. The summed E-state index contributed by atoms with van der Waals surface area (Å²) in [6, 6.07) is 0. The Morgan fingerprint density at radius 1 is 1.45 bits per heavy atom. The summed E-state index contributed by atoms with van der Waals surface area (Å²) >= 11 is 0. The Morgan fingerprint density at radius 2 is 2.20 bits per heavy atom. The van der Waals surface area contributed by atoms with E-state index in [9.17, 15) is 0 Å². The first-order valence-electron chi connectivity index (χ1n) is 5.64. The van der Waals surface area contributed by atoms with Crippen LogP contribution in [-0.4, -0.2) is 46.5 Å². The molecule has 0 fully saturated rings. The summed E-state index contributed by atoms with van der Waals surface area (Å²) < 4.78 is 13.6. The third kappa shape index (κ3) is 5.37. The summed E-state index contributed by atoms with van der Waals surface area (Å²) in [7, 11) is -0.782. The van der Waals surface area contributed by atoms with Gasteiger partial charge in [0.25, 0.3) is 0 Å². The zero-order valence-electron chi connectivity index (χ0n) is 10.9. The molecule has 0 aromatic carbocycles. The summed E-state index contributed by atoms with van der Waals surface area (Å²) in [6.45, 7) is 0.564. The fraction of sp³-hybridized carbons (Fsp3) is 0.556. The van der Waals surface area contributed by atoms with Gasteiger partial charge < -0.3 is 30.9 Å². The van der Waals surface area contributed by atoms with Crippen LogP contribution in [0.1, 0.15) is 6.42 Å². The van der Waals surface area contributed by atoms with E-state index in [4.69, 9.17) is 30.9 Å². The Hall–Kier alpha value is -1.29. The van der Waals surface area contributed by atoms with E-state index < -0.39 is 8.60 Å². The molecule has 0 bridgehead atoms. The third-order valence-electron chi connectivity index (χ3n) is 2.45. The van der Waals surface area contributed by atoms with Gasteiger partial charge in [0.05, 0.1) is 12.7 Å². The van der Waals surface area contributed by atoms with Crippen LogP contribution in [0.15, 0.2) is 6.33 Å². The monoisotopic (exact) mass is 307 g/mol. The Morgan fingerprint density at radius 3 is 2.85 bits per heavy atom. The van der Waals surface area contributed by atoms with E-state index in [1.165, 1.54) is 13.4 Å². The first-order chi connectivity index (χ1) is 9.58. The second-order valence-electron chi connectivity index (χ2n) is 3.71. The molecule has 0 radical (unpaired) electrons. The molecular weight excluding hydrogens is 289 g/mol. The first-order valence-corrected chi connectivity index (χ1v) is 6.77. The normalized spacial score (nSPS) is 13.9. The SMILES string of the molecule is COC(CCNc1ncnc(N)c1N)COP(O)OO. The number of nitrogen functional groups attached to an aromatic ring is 2. The second kappa shape index (κ2) is 8.80. The molecule has 0 saturated carbocycles. The predicted molar refractivity (Wildman–Crippen MR) is 73.6 cm³/mol. The second-order valence-corrected chi connectivity index (χ2v) is 4.61. The molecule has 114 valence electrons. The predicted octanol–water partition coefficient (Wildman–Crippen LogP) is 0.183. The van der Waals surface area contributed by atoms with Gasteiger partial charge in [-0.05, 0) is 6.42 Å². The molecule has 11 heteroatoms. The average molecular weight is 307 g/mol. The topological polar surface area (TPSA) is 158 Å². The van der Waals surface area contributed by atoms with Crippen LogP contribution >= 0.6 is 8.60 Å². The highest BCUT2D eigenvalue weighted by molar-refractivity contribution is 7.40. The lowest BCUT2D eigenvalue weighted by atomic mass is 10.2. The third-order valence-corrected chi connectivity index (χ3v) is 2.96. The minimum atomic E-state index is -2.29. The highest BCUT2D eigenvalue weighted by Gasteiger charge is 2.13. The van der Waals surface area contributed by atoms with Gasteiger partial charge in [-0.15, -0.1) is 0 Å². The lowest BCUT2D eigenvalue weighted by molar-refractivity contribution is -0.151. The van der Waals surface area contributed by atoms with Gasteiger partial charge in [-0.25, -0.2) is 15.2 Å². The minimum Gasteiger partial charge on any atom is -0.393 e. The van der Waals surface area contributed by atoms with Gasteiger partial charge in [-0.2, -0.15) is 4.67 Å². The quantitative estimate of drug-likeness (QED) is 0.242. The van der Waals surface area contributed by atoms with Crippen molar-refractivity contribution in [2.45, 2.75) is 12.5 Å². The molecular formula is C9H18N5O5P. The number of rotatable bonds is 9. The zero-order valence-corrected chi connectivity index (χ0v) is 11.8. The zero-order chi connectivity index (χ0) is 15.0. The number of nitrogens with one attached hydrogen (secondary N) is 1. The fourth-order valence-corrected chi connectivity index (χ4v) is 1.68. The van der Waals surface area contributed by atoms with Crippen molar-refractivity contribution in [3.05, 3.63) is 6.33 Å². The summed E-state index contributed by atoms with van der Waals surface area (Å²) in [4.78, 5) is 16.6. The summed E-state index contributed by atoms with van der Waals surface area (Å²) in [5.74, 6) is 0.650. The molecule has 0 aliphatic heterocycles. The van der Waals surface area contributed by atoms with E-state index in [0.29, 0.717) is 18.8 Å². The number of anilines is 3. The van der Waals surface area contributed by atoms with Crippen LogP contribution < -0.4 is 16.8 Å². The van der Waals surface area contributed by atoms with Gasteiger partial charge in [-0.1, -0.05) is 0 Å². The van der Waals surface area contributed by atoms with E-state index in [1.54, 1.807) is 0 Å². The van der Waals surface area contributed by atoms with E-state index in [2.05, 4.69) is 20.0 Å². The molecule has 0 aliphatic carbocycles. The number of aromatic nitrogens is 2. The maximum atomic E-state index is 8.92. The number of hydrogen-bond donors (Lipinski definition) is 5. The Kier molecular flexibility index (Phi) is 7.37. The van der Waals surface area contributed by atoms with Crippen LogP contribution in [0, 0.1) is 0 Å². The van der Waals surface area contributed by atoms with Crippen LogP contribution in [0.4, 0.5) is 17.3 Å². The lowest BCUT2D eigenvalue weighted by Gasteiger charge is -2.17. The molecule has 2 unspecified atom stereocenters. The molecule has 0 spiro atoms. The molecule has 1 rings (SSSR count). The molecule has 0 saturated heterocycles. The van der Waals surface area contributed by atoms with Crippen molar-refractivity contribution in [3.63, 3.8) is 0 Å². The van der Waals surface area contributed by atoms with Crippen LogP contribution in [0.3, 0.4) is 0 Å². The van der Waals surface area contributed by atoms with Crippen molar-refractivity contribution in [2.75, 3.05) is 37.0 Å². The first kappa shape index (κ1) is 16.8. The van der Waals surface area contributed by atoms with Crippen molar-refractivity contribution < 1.29 is 24.1 Å². The summed E-state index contributed by atoms with van der Waals surface area (Å²) in [5, 5.41) is 11.2. The maximum Gasteiger partial charge on any atom is 0.359 e. The Balaban J connectivity index is 2.36. The van der Waals surface area contributed by atoms with Gasteiger partial charge in [0.15, 0.2) is 11.6 Å². The van der Waals surface area contributed by atoms with Gasteiger partial charge >= 0.3 is 8.60 Å². The van der Waals surface area contributed by atoms with Crippen molar-refractivity contribution >= 4 is 25.9 Å². The highest BCUT2D eigenvalue weighted by Crippen LogP contribution is 2.31. The molecule has 7 N–H and O–H groups in total. The maximum absolute atomic E-state index is 8.92. The Labute approximate surface area is 117 Å². The molecule has 20 heavy (non-hydrogen) atoms. The van der Waals surface area contributed by atoms with Crippen molar-refractivity contribution in [1.29, 1.82) is 0 Å². The van der Waals surface area contributed by atoms with Gasteiger partial charge in [0.2, 0.25) is 0 Å². The van der Waals surface area contributed by atoms with Crippen molar-refractivity contribution in [3.8, 4) is 0 Å². The van der Waals surface area contributed by atoms with E-state index >= 15 is 0 Å². The summed E-state index contributed by atoms with van der Waals surface area (Å²) in [6.07, 6.45) is 1.56. The molecule has 10 nitrogen and oxygen atoms in total. The van der Waals surface area contributed by atoms with Crippen LogP contribution in [0.25, 0.3) is 0 Å². The number of methoxy groups -OCH3 is 1. The largest absolute Gasteiger partial charge is 0.393 e. The molecule has 1 aromatic heterocycles. The van der Waals surface area contributed by atoms with E-state index in [1.807, 2.05) is 0 Å². The number of hydrogen-bond acceptors (Lipinski definition) is 10. The number of nitrogens with two attached hydrogens (primary N) is 2. The molecule has 0 amide bonds. The minimum absolute atomic E-state index is 0.0718. The van der Waals surface area contributed by atoms with Gasteiger partial charge in [0.1, 0.15) is 12.0 Å². The fourth-order valence-electron chi connectivity index (χ4n) is 1.34. The van der Waals surface area contributed by atoms with Crippen LogP contribution in [0.5, 0.6) is 0 Å². The molecule has 1 heterocycles. The van der Waals surface area contributed by atoms with Crippen molar-refractivity contribution in [1.82, 2.24) is 9.97 Å². The average Bonchev–Trinajstić information content (AvgIpc) is 2.46. The smallest absolute Gasteiger partial charge is 0.359 e. The number of nitrogens with zero attached hydrogens (tertiary/aromatic N) is 2. The molecule has 1 aromatic rings. The van der Waals surface area contributed by atoms with Gasteiger partial charge in [0, 0.05) is 13.7 Å². The summed E-state index contributed by atoms with van der Waals surface area (Å²) in [5.41, 5.74) is 11.5. The standard InChI is InChI=1S/C9H18N5O5P/c1-17-6(4-18-20(16)19-15)2-3-12-9-7(10)8(11)13-5-14-9/h5-6,15-16H,2-4,10H2,1H3,(H3,11,12,13,14). The molecule has 0 aliphatic rings. The molecule has 2 atom stereocenters. The number of ether oxygens (including phenoxy) is 1. The van der Waals surface area contributed by atoms with Gasteiger partial charge in [-0.3, -0.25) is 0 Å². The highest BCUT2D eigenvalue weighted by atomic mass is 31.2. The van der Waals surface area contributed by atoms with Crippen LogP contribution in [-0.2, 0) is 13.9 Å². The Bertz CT molecular complexity index is 412. The van der Waals surface area contributed by atoms with E-state index in [0.717, 1.165) is 0 Å². The van der Waals surface area contributed by atoms with E-state index in [-0.39, 0.29) is 24.2 Å². The van der Waals surface area contributed by atoms with Crippen LogP contribution in [0.2, 0.25) is 0 Å².